The van der Waals surface area contributed by atoms with Gasteiger partial charge in [0.1, 0.15) is 11.5 Å². The molecule has 7 heteroatoms. The molecule has 2 N–H and O–H groups in total. The number of anilines is 1. The molecule has 0 fully saturated rings. The summed E-state index contributed by atoms with van der Waals surface area (Å²) in [7, 11) is 1.53. The first kappa shape index (κ1) is 15.2. The molecular weight excluding hydrogens is 341 g/mol. The minimum Gasteiger partial charge on any atom is -0.356 e. The summed E-state index contributed by atoms with van der Waals surface area (Å²) in [4.78, 5) is 28.0. The second kappa shape index (κ2) is 6.53. The number of aromatic amines is 1. The number of H-pyrrole nitrogens is 1. The van der Waals surface area contributed by atoms with Crippen LogP contribution < -0.4 is 5.32 Å². The quantitative estimate of drug-likeness (QED) is 0.887. The third kappa shape index (κ3) is 4.16. The molecule has 0 saturated carbocycles. The first-order valence-corrected chi connectivity index (χ1v) is 6.90. The maximum Gasteiger partial charge on any atom is 0.270 e. The van der Waals surface area contributed by atoms with E-state index in [1.54, 1.807) is 12.3 Å². The lowest BCUT2D eigenvalue weighted by Gasteiger charge is -2.16. The molecule has 0 atom stereocenters. The fraction of sp³-hybridized carbons (Fsp3) is 0.143. The Bertz CT molecular complexity index is 654. The molecule has 21 heavy (non-hydrogen) atoms. The molecule has 1 aromatic carbocycles. The van der Waals surface area contributed by atoms with Gasteiger partial charge in [-0.25, -0.2) is 4.39 Å². The van der Waals surface area contributed by atoms with E-state index >= 15 is 0 Å². The average Bonchev–Trinajstić information content (AvgIpc) is 2.87. The zero-order chi connectivity index (χ0) is 15.4. The summed E-state index contributed by atoms with van der Waals surface area (Å²) < 4.78 is 13.5. The maximum absolute atomic E-state index is 12.8. The topological polar surface area (TPSA) is 65.2 Å². The van der Waals surface area contributed by atoms with Gasteiger partial charge in [0.15, 0.2) is 0 Å². The van der Waals surface area contributed by atoms with Crippen LogP contribution in [0.4, 0.5) is 10.1 Å². The van der Waals surface area contributed by atoms with Gasteiger partial charge in [-0.3, -0.25) is 9.59 Å². The normalized spacial score (nSPS) is 10.2. The SMILES string of the molecule is CN(CC(=O)Nc1ccc(F)cc1)C(=O)c1cc(Br)c[nH]1. The van der Waals surface area contributed by atoms with E-state index in [0.29, 0.717) is 11.4 Å². The van der Waals surface area contributed by atoms with Crippen LogP contribution in [-0.2, 0) is 4.79 Å². The number of aromatic nitrogens is 1. The first-order valence-electron chi connectivity index (χ1n) is 6.10. The molecule has 2 amide bonds. The molecule has 0 bridgehead atoms. The van der Waals surface area contributed by atoms with Crippen molar-refractivity contribution in [1.82, 2.24) is 9.88 Å². The van der Waals surface area contributed by atoms with Crippen LogP contribution in [0.1, 0.15) is 10.5 Å². The average molecular weight is 354 g/mol. The zero-order valence-corrected chi connectivity index (χ0v) is 12.8. The van der Waals surface area contributed by atoms with Crippen molar-refractivity contribution in [1.29, 1.82) is 0 Å². The maximum atomic E-state index is 12.8. The van der Waals surface area contributed by atoms with Gasteiger partial charge in [-0.15, -0.1) is 0 Å². The van der Waals surface area contributed by atoms with Gasteiger partial charge < -0.3 is 15.2 Å². The van der Waals surface area contributed by atoms with Crippen LogP contribution in [0.25, 0.3) is 0 Å². The number of hydrogen-bond acceptors (Lipinski definition) is 2. The van der Waals surface area contributed by atoms with E-state index in [4.69, 9.17) is 0 Å². The number of benzene rings is 1. The van der Waals surface area contributed by atoms with E-state index in [-0.39, 0.29) is 24.2 Å². The molecule has 0 aliphatic carbocycles. The highest BCUT2D eigenvalue weighted by Gasteiger charge is 2.16. The molecule has 110 valence electrons. The Kier molecular flexibility index (Phi) is 4.74. The summed E-state index contributed by atoms with van der Waals surface area (Å²) in [6, 6.07) is 7.05. The van der Waals surface area contributed by atoms with Crippen molar-refractivity contribution < 1.29 is 14.0 Å². The van der Waals surface area contributed by atoms with Crippen molar-refractivity contribution in [3.63, 3.8) is 0 Å². The number of likely N-dealkylation sites (N-methyl/N-ethyl adjacent to an activating group) is 1. The molecule has 0 spiro atoms. The highest BCUT2D eigenvalue weighted by Crippen LogP contribution is 2.12. The van der Waals surface area contributed by atoms with Gasteiger partial charge in [0.25, 0.3) is 5.91 Å². The minimum atomic E-state index is -0.377. The summed E-state index contributed by atoms with van der Waals surface area (Å²) in [6.45, 7) is -0.104. The van der Waals surface area contributed by atoms with Gasteiger partial charge in [-0.1, -0.05) is 0 Å². The predicted octanol–water partition coefficient (Wildman–Crippen LogP) is 2.63. The molecular formula is C14H13BrFN3O2. The first-order chi connectivity index (χ1) is 9.95. The van der Waals surface area contributed by atoms with Crippen molar-refractivity contribution in [2.45, 2.75) is 0 Å². The van der Waals surface area contributed by atoms with Gasteiger partial charge in [0.2, 0.25) is 5.91 Å². The number of hydrogen-bond donors (Lipinski definition) is 2. The second-order valence-corrected chi connectivity index (χ2v) is 5.36. The third-order valence-corrected chi connectivity index (χ3v) is 3.19. The summed E-state index contributed by atoms with van der Waals surface area (Å²) >= 11 is 3.24. The minimum absolute atomic E-state index is 0.104. The Morgan fingerprint density at radius 3 is 2.57 bits per heavy atom. The monoisotopic (exact) mass is 353 g/mol. The van der Waals surface area contributed by atoms with Crippen molar-refractivity contribution in [3.8, 4) is 0 Å². The lowest BCUT2D eigenvalue weighted by Crippen LogP contribution is -2.35. The summed E-state index contributed by atoms with van der Waals surface area (Å²) in [5.74, 6) is -1.03. The lowest BCUT2D eigenvalue weighted by atomic mass is 10.3. The standard InChI is InChI=1S/C14H13BrFN3O2/c1-19(14(21)12-6-9(15)7-17-12)8-13(20)18-11-4-2-10(16)3-5-11/h2-7,17H,8H2,1H3,(H,18,20). The van der Waals surface area contributed by atoms with E-state index in [0.717, 1.165) is 4.47 Å². The van der Waals surface area contributed by atoms with Crippen LogP contribution in [0.15, 0.2) is 41.0 Å². The molecule has 2 rings (SSSR count). The largest absolute Gasteiger partial charge is 0.356 e. The Balaban J connectivity index is 1.92. The number of rotatable bonds is 4. The molecule has 0 radical (unpaired) electrons. The van der Waals surface area contributed by atoms with Crippen LogP contribution in [0, 0.1) is 5.82 Å². The van der Waals surface area contributed by atoms with Crippen molar-refractivity contribution >= 4 is 33.4 Å². The summed E-state index contributed by atoms with van der Waals surface area (Å²) in [6.07, 6.45) is 1.64. The third-order valence-electron chi connectivity index (χ3n) is 2.73. The van der Waals surface area contributed by atoms with E-state index in [2.05, 4.69) is 26.2 Å². The lowest BCUT2D eigenvalue weighted by molar-refractivity contribution is -0.116. The predicted molar refractivity (Wildman–Crippen MR) is 80.5 cm³/mol. The van der Waals surface area contributed by atoms with Crippen LogP contribution in [0.2, 0.25) is 0 Å². The van der Waals surface area contributed by atoms with Crippen molar-refractivity contribution in [2.75, 3.05) is 18.9 Å². The molecule has 0 aliphatic rings. The second-order valence-electron chi connectivity index (χ2n) is 4.45. The highest BCUT2D eigenvalue weighted by molar-refractivity contribution is 9.10. The molecule has 2 aromatic rings. The van der Waals surface area contributed by atoms with Gasteiger partial charge in [-0.05, 0) is 46.3 Å². The number of carbonyl (C=O) groups is 2. The summed E-state index contributed by atoms with van der Waals surface area (Å²) in [5.41, 5.74) is 0.865. The van der Waals surface area contributed by atoms with E-state index in [1.807, 2.05) is 0 Å². The number of nitrogens with zero attached hydrogens (tertiary/aromatic N) is 1. The Morgan fingerprint density at radius 2 is 2.00 bits per heavy atom. The molecule has 5 nitrogen and oxygen atoms in total. The number of carbonyl (C=O) groups excluding carboxylic acids is 2. The molecule has 0 unspecified atom stereocenters. The van der Waals surface area contributed by atoms with E-state index in [1.165, 1.54) is 36.2 Å². The highest BCUT2D eigenvalue weighted by atomic mass is 79.9. The smallest absolute Gasteiger partial charge is 0.270 e. The Hall–Kier alpha value is -2.15. The molecule has 1 aromatic heterocycles. The van der Waals surface area contributed by atoms with Crippen molar-refractivity contribution in [2.24, 2.45) is 0 Å². The van der Waals surface area contributed by atoms with Gasteiger partial charge in [0, 0.05) is 23.4 Å². The Labute approximate surface area is 129 Å². The fourth-order valence-corrected chi connectivity index (χ4v) is 2.06. The molecule has 1 heterocycles. The molecule has 0 saturated heterocycles. The number of nitrogens with one attached hydrogen (secondary N) is 2. The van der Waals surface area contributed by atoms with Gasteiger partial charge in [0.05, 0.1) is 6.54 Å². The fourth-order valence-electron chi connectivity index (χ4n) is 1.72. The van der Waals surface area contributed by atoms with E-state index in [9.17, 15) is 14.0 Å². The van der Waals surface area contributed by atoms with Gasteiger partial charge in [-0.2, -0.15) is 0 Å². The van der Waals surface area contributed by atoms with Crippen LogP contribution >= 0.6 is 15.9 Å². The summed E-state index contributed by atoms with van der Waals surface area (Å²) in [5, 5.41) is 2.59. The van der Waals surface area contributed by atoms with E-state index < -0.39 is 0 Å². The van der Waals surface area contributed by atoms with Gasteiger partial charge >= 0.3 is 0 Å². The number of amides is 2. The van der Waals surface area contributed by atoms with Crippen LogP contribution in [-0.4, -0.2) is 35.3 Å². The van der Waals surface area contributed by atoms with Crippen LogP contribution in [0.3, 0.4) is 0 Å². The van der Waals surface area contributed by atoms with Crippen LogP contribution in [0.5, 0.6) is 0 Å². The Morgan fingerprint density at radius 1 is 1.33 bits per heavy atom. The zero-order valence-electron chi connectivity index (χ0n) is 11.2. The van der Waals surface area contributed by atoms with Crippen molar-refractivity contribution in [3.05, 3.63) is 52.5 Å². The number of halogens is 2. The molecule has 0 aliphatic heterocycles.